The molecule has 2 heteroatoms. The van der Waals surface area contributed by atoms with Gasteiger partial charge in [-0.2, -0.15) is 0 Å². The van der Waals surface area contributed by atoms with Crippen LogP contribution in [0.4, 0.5) is 0 Å². The van der Waals surface area contributed by atoms with Gasteiger partial charge in [0.25, 0.3) is 0 Å². The summed E-state index contributed by atoms with van der Waals surface area (Å²) < 4.78 is 5.53. The fraction of sp³-hybridized carbons (Fsp3) is 0. The Morgan fingerprint density at radius 2 is 0.881 bits per heavy atom. The molecule has 0 aliphatic rings. The Balaban J connectivity index is 1.23. The predicted octanol–water partition coefficient (Wildman–Crippen LogP) is 12.7. The van der Waals surface area contributed by atoms with Crippen LogP contribution in [0.25, 0.3) is 94.9 Å². The summed E-state index contributed by atoms with van der Waals surface area (Å²) in [4.78, 5) is 0. The highest BCUT2D eigenvalue weighted by molar-refractivity contribution is 7.33. The van der Waals surface area contributed by atoms with Crippen LogP contribution in [0.1, 0.15) is 0 Å². The van der Waals surface area contributed by atoms with E-state index >= 15 is 0 Å². The van der Waals surface area contributed by atoms with Gasteiger partial charge in [-0.3, -0.25) is 0 Å². The molecule has 42 heavy (non-hydrogen) atoms. The summed E-state index contributed by atoms with van der Waals surface area (Å²) in [6, 6.07) is 49.7. The van der Waals surface area contributed by atoms with E-state index in [2.05, 4.69) is 133 Å². The highest BCUT2D eigenvalue weighted by atomic mass is 32.1. The minimum Gasteiger partial charge on any atom is -0.134 e. The Bertz CT molecular complexity index is 2670. The minimum absolute atomic E-state index is 1.26. The molecule has 0 radical (unpaired) electrons. The van der Waals surface area contributed by atoms with Crippen molar-refractivity contribution in [1.29, 1.82) is 0 Å². The zero-order chi connectivity index (χ0) is 27.4. The Hall–Kier alpha value is -4.76. The smallest absolute Gasteiger partial charge is 0.0534 e. The van der Waals surface area contributed by atoms with Gasteiger partial charge in [0.05, 0.1) is 9.40 Å². The van der Waals surface area contributed by atoms with Crippen LogP contribution < -0.4 is 0 Å². The molecule has 2 heterocycles. The molecule has 0 unspecified atom stereocenters. The van der Waals surface area contributed by atoms with Crippen molar-refractivity contribution in [2.75, 3.05) is 0 Å². The average Bonchev–Trinajstić information content (AvgIpc) is 3.62. The maximum Gasteiger partial charge on any atom is 0.0534 e. The Morgan fingerprint density at radius 1 is 0.333 bits per heavy atom. The van der Waals surface area contributed by atoms with Crippen LogP contribution >= 0.6 is 22.7 Å². The first kappa shape index (κ1) is 22.9. The Labute approximate surface area is 250 Å². The second-order valence-electron chi connectivity index (χ2n) is 11.2. The molecule has 0 atom stereocenters. The first-order chi connectivity index (χ1) is 20.8. The number of hydrogen-bond donors (Lipinski definition) is 0. The van der Waals surface area contributed by atoms with Crippen molar-refractivity contribution < 1.29 is 0 Å². The maximum absolute atomic E-state index is 2.43. The molecule has 0 aliphatic heterocycles. The maximum atomic E-state index is 2.43. The second-order valence-corrected chi connectivity index (χ2v) is 13.3. The van der Waals surface area contributed by atoms with Gasteiger partial charge in [0, 0.05) is 30.9 Å². The van der Waals surface area contributed by atoms with Crippen LogP contribution in [0.15, 0.2) is 133 Å². The molecule has 10 rings (SSSR count). The van der Waals surface area contributed by atoms with Crippen LogP contribution in [0.3, 0.4) is 0 Å². The van der Waals surface area contributed by atoms with Crippen LogP contribution in [0.2, 0.25) is 0 Å². The van der Waals surface area contributed by atoms with E-state index in [0.29, 0.717) is 0 Å². The predicted molar refractivity (Wildman–Crippen MR) is 187 cm³/mol. The summed E-state index contributed by atoms with van der Waals surface area (Å²) in [5.74, 6) is 0. The van der Waals surface area contributed by atoms with Crippen molar-refractivity contribution in [3.8, 4) is 22.3 Å². The SMILES string of the molecule is c1ccc(-c2ccc3ccc4c(-c5ccc6sc7c(ccc8c9ccccc9sc87)c6c5)ccc5ccc2c3c54)cc1. The van der Waals surface area contributed by atoms with Gasteiger partial charge in [0.1, 0.15) is 0 Å². The average molecular weight is 567 g/mol. The minimum atomic E-state index is 1.26. The second kappa shape index (κ2) is 8.39. The van der Waals surface area contributed by atoms with Gasteiger partial charge >= 0.3 is 0 Å². The molecule has 0 spiro atoms. The third-order valence-electron chi connectivity index (χ3n) is 9.04. The first-order valence-corrected chi connectivity index (χ1v) is 16.0. The van der Waals surface area contributed by atoms with E-state index in [9.17, 15) is 0 Å². The van der Waals surface area contributed by atoms with Crippen LogP contribution in [-0.2, 0) is 0 Å². The summed E-state index contributed by atoms with van der Waals surface area (Å²) in [5.41, 5.74) is 5.13. The number of hydrogen-bond acceptors (Lipinski definition) is 2. The fourth-order valence-electron chi connectivity index (χ4n) is 7.11. The lowest BCUT2D eigenvalue weighted by atomic mass is 9.87. The molecule has 10 aromatic rings. The van der Waals surface area contributed by atoms with Gasteiger partial charge in [-0.15, -0.1) is 22.7 Å². The highest BCUT2D eigenvalue weighted by Gasteiger charge is 2.17. The summed E-state index contributed by atoms with van der Waals surface area (Å²) >= 11 is 3.85. The zero-order valence-electron chi connectivity index (χ0n) is 22.5. The van der Waals surface area contributed by atoms with E-state index in [-0.39, 0.29) is 0 Å². The van der Waals surface area contributed by atoms with E-state index in [1.54, 1.807) is 0 Å². The lowest BCUT2D eigenvalue weighted by Crippen LogP contribution is -1.89. The summed E-state index contributed by atoms with van der Waals surface area (Å²) in [6.45, 7) is 0. The molecule has 0 saturated heterocycles. The third-order valence-corrected chi connectivity index (χ3v) is 11.6. The van der Waals surface area contributed by atoms with Crippen LogP contribution in [0, 0.1) is 0 Å². The van der Waals surface area contributed by atoms with Gasteiger partial charge < -0.3 is 0 Å². The Morgan fingerprint density at radius 3 is 1.60 bits per heavy atom. The lowest BCUT2D eigenvalue weighted by molar-refractivity contribution is 1.66. The van der Waals surface area contributed by atoms with E-state index < -0.39 is 0 Å². The molecule has 0 bridgehead atoms. The molecule has 0 fully saturated rings. The van der Waals surface area contributed by atoms with Crippen molar-refractivity contribution in [1.82, 2.24) is 0 Å². The summed E-state index contributed by atoms with van der Waals surface area (Å²) in [7, 11) is 0. The topological polar surface area (TPSA) is 0 Å². The Kier molecular flexibility index (Phi) is 4.57. The van der Waals surface area contributed by atoms with Crippen molar-refractivity contribution in [2.45, 2.75) is 0 Å². The highest BCUT2D eigenvalue weighted by Crippen LogP contribution is 2.46. The number of benzene rings is 8. The number of fused-ring (bicyclic) bond motifs is 7. The van der Waals surface area contributed by atoms with Crippen molar-refractivity contribution in [3.63, 3.8) is 0 Å². The molecule has 194 valence electrons. The van der Waals surface area contributed by atoms with Crippen molar-refractivity contribution in [3.05, 3.63) is 133 Å². The molecule has 2 aromatic heterocycles. The quantitative estimate of drug-likeness (QED) is 0.183. The summed E-state index contributed by atoms with van der Waals surface area (Å²) in [6.07, 6.45) is 0. The lowest BCUT2D eigenvalue weighted by Gasteiger charge is -2.16. The van der Waals surface area contributed by atoms with Crippen molar-refractivity contribution >= 4 is 95.3 Å². The standard InChI is InChI=1S/C40H22S2/c1-2-6-23(7-3-1)27-15-10-24-13-18-31-28(16-11-25-12-17-30(27)37(24)38(25)31)26-14-21-36-34(22-26)33-20-19-32-29-8-4-5-9-35(29)41-39(32)40(33)42-36/h1-22H. The largest absolute Gasteiger partial charge is 0.134 e. The van der Waals surface area contributed by atoms with Crippen LogP contribution in [-0.4, -0.2) is 0 Å². The third kappa shape index (κ3) is 3.06. The zero-order valence-corrected chi connectivity index (χ0v) is 24.2. The van der Waals surface area contributed by atoms with Crippen molar-refractivity contribution in [2.24, 2.45) is 0 Å². The van der Waals surface area contributed by atoms with Gasteiger partial charge in [0.2, 0.25) is 0 Å². The van der Waals surface area contributed by atoms with Gasteiger partial charge in [-0.25, -0.2) is 0 Å². The van der Waals surface area contributed by atoms with E-state index in [1.165, 1.54) is 94.9 Å². The van der Waals surface area contributed by atoms with E-state index in [0.717, 1.165) is 0 Å². The molecule has 0 aliphatic carbocycles. The molecule has 8 aromatic carbocycles. The first-order valence-electron chi connectivity index (χ1n) is 14.3. The van der Waals surface area contributed by atoms with Crippen LogP contribution in [0.5, 0.6) is 0 Å². The number of thiophene rings is 2. The van der Waals surface area contributed by atoms with E-state index in [1.807, 2.05) is 22.7 Å². The molecule has 0 N–H and O–H groups in total. The van der Waals surface area contributed by atoms with E-state index in [4.69, 9.17) is 0 Å². The molecule has 0 nitrogen and oxygen atoms in total. The monoisotopic (exact) mass is 566 g/mol. The molecular weight excluding hydrogens is 545 g/mol. The molecule has 0 amide bonds. The fourth-order valence-corrected chi connectivity index (χ4v) is 9.63. The molecular formula is C40H22S2. The number of rotatable bonds is 2. The van der Waals surface area contributed by atoms with Gasteiger partial charge in [-0.05, 0) is 72.8 Å². The van der Waals surface area contributed by atoms with Gasteiger partial charge in [0.15, 0.2) is 0 Å². The summed E-state index contributed by atoms with van der Waals surface area (Å²) in [5, 5.41) is 13.4. The van der Waals surface area contributed by atoms with Gasteiger partial charge in [-0.1, -0.05) is 115 Å². The normalized spacial score (nSPS) is 12.3. The molecule has 0 saturated carbocycles.